The summed E-state index contributed by atoms with van der Waals surface area (Å²) in [5, 5.41) is 3.24. The van der Waals surface area contributed by atoms with Crippen LogP contribution in [0.25, 0.3) is 0 Å². The van der Waals surface area contributed by atoms with E-state index in [0.29, 0.717) is 19.8 Å². The summed E-state index contributed by atoms with van der Waals surface area (Å²) in [4.78, 5) is 4.22. The molecule has 17 heavy (non-hydrogen) atoms. The summed E-state index contributed by atoms with van der Waals surface area (Å²) in [6.07, 6.45) is 1.84. The normalized spacial score (nSPS) is 23.4. The number of rotatable bonds is 3. The topological polar surface area (TPSA) is 43.4 Å². The highest BCUT2D eigenvalue weighted by Crippen LogP contribution is 2.18. The molecular weight excluding hydrogens is 284 g/mol. The third-order valence-corrected chi connectivity index (χ3v) is 3.05. The van der Waals surface area contributed by atoms with Gasteiger partial charge in [0.1, 0.15) is 5.82 Å². The van der Waals surface area contributed by atoms with E-state index in [9.17, 15) is 0 Å². The van der Waals surface area contributed by atoms with E-state index in [0.717, 1.165) is 10.3 Å². The van der Waals surface area contributed by atoms with Crippen LogP contribution in [0.1, 0.15) is 13.8 Å². The Morgan fingerprint density at radius 2 is 2.41 bits per heavy atom. The van der Waals surface area contributed by atoms with Crippen molar-refractivity contribution in [3.8, 4) is 0 Å². The number of hydrogen-bond acceptors (Lipinski definition) is 4. The smallest absolute Gasteiger partial charge is 0.127 e. The molecule has 1 aromatic rings. The monoisotopic (exact) mass is 300 g/mol. The lowest BCUT2D eigenvalue weighted by molar-refractivity contribution is -0.170. The summed E-state index contributed by atoms with van der Waals surface area (Å²) in [6.45, 7) is 6.03. The van der Waals surface area contributed by atoms with E-state index < -0.39 is 0 Å². The van der Waals surface area contributed by atoms with Gasteiger partial charge in [0.25, 0.3) is 0 Å². The molecule has 1 aliphatic heterocycles. The lowest BCUT2D eigenvalue weighted by Gasteiger charge is -2.35. The van der Waals surface area contributed by atoms with E-state index in [1.54, 1.807) is 6.20 Å². The molecule has 0 radical (unpaired) electrons. The second kappa shape index (κ2) is 5.33. The highest BCUT2D eigenvalue weighted by molar-refractivity contribution is 9.10. The number of nitrogens with one attached hydrogen (secondary N) is 1. The van der Waals surface area contributed by atoms with Gasteiger partial charge in [0.05, 0.1) is 24.9 Å². The third kappa shape index (κ3) is 3.94. The molecule has 0 bridgehead atoms. The van der Waals surface area contributed by atoms with E-state index in [1.807, 2.05) is 26.0 Å². The molecule has 1 fully saturated rings. The third-order valence-electron chi connectivity index (χ3n) is 2.56. The van der Waals surface area contributed by atoms with Crippen molar-refractivity contribution in [1.82, 2.24) is 4.98 Å². The van der Waals surface area contributed by atoms with Crippen molar-refractivity contribution in [3.05, 3.63) is 22.8 Å². The van der Waals surface area contributed by atoms with Crippen LogP contribution < -0.4 is 5.32 Å². The number of pyridine rings is 1. The van der Waals surface area contributed by atoms with Gasteiger partial charge in [-0.1, -0.05) is 15.9 Å². The maximum Gasteiger partial charge on any atom is 0.127 e. The van der Waals surface area contributed by atoms with Crippen LogP contribution in [0.5, 0.6) is 0 Å². The highest BCUT2D eigenvalue weighted by atomic mass is 79.9. The molecule has 0 aromatic carbocycles. The summed E-state index contributed by atoms with van der Waals surface area (Å²) < 4.78 is 12.4. The Bertz CT molecular complexity index is 375. The number of hydrogen-bond donors (Lipinski definition) is 1. The second-order valence-electron chi connectivity index (χ2n) is 4.74. The summed E-state index contributed by atoms with van der Waals surface area (Å²) in [5.41, 5.74) is -0.162. The van der Waals surface area contributed by atoms with E-state index in [4.69, 9.17) is 9.47 Å². The van der Waals surface area contributed by atoms with Gasteiger partial charge in [-0.25, -0.2) is 4.98 Å². The van der Waals surface area contributed by atoms with Crippen LogP contribution in [0.3, 0.4) is 0 Å². The summed E-state index contributed by atoms with van der Waals surface area (Å²) >= 11 is 3.41. The van der Waals surface area contributed by atoms with Crippen molar-refractivity contribution in [2.24, 2.45) is 0 Å². The van der Waals surface area contributed by atoms with Crippen molar-refractivity contribution in [1.29, 1.82) is 0 Å². The number of ether oxygens (including phenoxy) is 2. The zero-order chi connectivity index (χ0) is 12.3. The van der Waals surface area contributed by atoms with Crippen molar-refractivity contribution in [2.75, 3.05) is 25.1 Å². The van der Waals surface area contributed by atoms with Gasteiger partial charge in [0, 0.05) is 17.2 Å². The molecule has 4 nitrogen and oxygen atoms in total. The van der Waals surface area contributed by atoms with Crippen LogP contribution in [0.2, 0.25) is 0 Å². The minimum atomic E-state index is -0.162. The molecule has 1 N–H and O–H groups in total. The zero-order valence-corrected chi connectivity index (χ0v) is 11.7. The SMILES string of the molecule is CC1(C)COC(CNc2cc(Br)ccn2)CO1. The van der Waals surface area contributed by atoms with Crippen LogP contribution in [-0.4, -0.2) is 36.4 Å². The molecule has 1 unspecified atom stereocenters. The van der Waals surface area contributed by atoms with Gasteiger partial charge in [0.2, 0.25) is 0 Å². The Kier molecular flexibility index (Phi) is 4.01. The molecule has 0 amide bonds. The molecular formula is C12H17BrN2O2. The lowest BCUT2D eigenvalue weighted by atomic mass is 10.1. The first-order valence-electron chi connectivity index (χ1n) is 5.66. The molecule has 0 saturated carbocycles. The fourth-order valence-corrected chi connectivity index (χ4v) is 1.90. The van der Waals surface area contributed by atoms with Crippen LogP contribution in [0.15, 0.2) is 22.8 Å². The lowest BCUT2D eigenvalue weighted by Crippen LogP contribution is -2.44. The first-order chi connectivity index (χ1) is 8.05. The fourth-order valence-electron chi connectivity index (χ4n) is 1.56. The number of aromatic nitrogens is 1. The molecule has 1 aliphatic rings. The summed E-state index contributed by atoms with van der Waals surface area (Å²) in [7, 11) is 0. The summed E-state index contributed by atoms with van der Waals surface area (Å²) in [5.74, 6) is 0.841. The van der Waals surface area contributed by atoms with E-state index >= 15 is 0 Å². The highest BCUT2D eigenvalue weighted by Gasteiger charge is 2.28. The van der Waals surface area contributed by atoms with Gasteiger partial charge in [0.15, 0.2) is 0 Å². The van der Waals surface area contributed by atoms with Crippen molar-refractivity contribution in [2.45, 2.75) is 25.6 Å². The van der Waals surface area contributed by atoms with E-state index in [1.165, 1.54) is 0 Å². The van der Waals surface area contributed by atoms with E-state index in [-0.39, 0.29) is 11.7 Å². The molecule has 0 aliphatic carbocycles. The van der Waals surface area contributed by atoms with Gasteiger partial charge in [-0.05, 0) is 26.0 Å². The standard InChI is InChI=1S/C12H17BrN2O2/c1-12(2)8-16-10(7-17-12)6-15-11-5-9(13)3-4-14-11/h3-5,10H,6-8H2,1-2H3,(H,14,15). The predicted octanol–water partition coefficient (Wildman–Crippen LogP) is 2.45. The van der Waals surface area contributed by atoms with Crippen molar-refractivity contribution >= 4 is 21.7 Å². The van der Waals surface area contributed by atoms with Crippen LogP contribution in [0.4, 0.5) is 5.82 Å². The summed E-state index contributed by atoms with van der Waals surface area (Å²) in [6, 6.07) is 3.83. The van der Waals surface area contributed by atoms with Crippen molar-refractivity contribution in [3.63, 3.8) is 0 Å². The Morgan fingerprint density at radius 1 is 1.59 bits per heavy atom. The Labute approximate surface area is 110 Å². The second-order valence-corrected chi connectivity index (χ2v) is 5.66. The molecule has 94 valence electrons. The first kappa shape index (κ1) is 12.8. The Balaban J connectivity index is 1.80. The maximum absolute atomic E-state index is 5.72. The first-order valence-corrected chi connectivity index (χ1v) is 6.45. The predicted molar refractivity (Wildman–Crippen MR) is 70.2 cm³/mol. The van der Waals surface area contributed by atoms with Crippen LogP contribution in [-0.2, 0) is 9.47 Å². The number of halogens is 1. The zero-order valence-electron chi connectivity index (χ0n) is 10.1. The minimum Gasteiger partial charge on any atom is -0.371 e. The van der Waals surface area contributed by atoms with Gasteiger partial charge in [-0.3, -0.25) is 0 Å². The van der Waals surface area contributed by atoms with Crippen LogP contribution in [0, 0.1) is 0 Å². The van der Waals surface area contributed by atoms with Gasteiger partial charge >= 0.3 is 0 Å². The largest absolute Gasteiger partial charge is 0.371 e. The Hall–Kier alpha value is -0.650. The van der Waals surface area contributed by atoms with Gasteiger partial charge in [-0.15, -0.1) is 0 Å². The molecule has 2 heterocycles. The molecule has 2 rings (SSSR count). The van der Waals surface area contributed by atoms with Crippen molar-refractivity contribution < 1.29 is 9.47 Å². The number of nitrogens with zero attached hydrogens (tertiary/aromatic N) is 1. The average Bonchev–Trinajstić information content (AvgIpc) is 2.28. The Morgan fingerprint density at radius 3 is 3.06 bits per heavy atom. The molecule has 5 heteroatoms. The van der Waals surface area contributed by atoms with Gasteiger partial charge < -0.3 is 14.8 Å². The molecule has 0 spiro atoms. The maximum atomic E-state index is 5.72. The number of anilines is 1. The fraction of sp³-hybridized carbons (Fsp3) is 0.583. The average molecular weight is 301 g/mol. The molecule has 1 atom stereocenters. The van der Waals surface area contributed by atoms with Gasteiger partial charge in [-0.2, -0.15) is 0 Å². The van der Waals surface area contributed by atoms with E-state index in [2.05, 4.69) is 26.2 Å². The van der Waals surface area contributed by atoms with Crippen LogP contribution >= 0.6 is 15.9 Å². The minimum absolute atomic E-state index is 0.0869. The molecule has 1 aromatic heterocycles. The molecule has 1 saturated heterocycles. The quantitative estimate of drug-likeness (QED) is 0.931.